The molecule has 0 bridgehead atoms. The molecule has 0 aromatic carbocycles. The largest absolute Gasteiger partial charge is 0.427 e. The SMILES string of the molecule is CO[Si](CC(C)C)(OC)N1C(C)CCCC1C. The Hall–Kier alpha value is 0.0969. The Morgan fingerprint density at radius 2 is 1.59 bits per heavy atom. The lowest BCUT2D eigenvalue weighted by atomic mass is 10.0. The molecule has 0 aromatic rings. The van der Waals surface area contributed by atoms with Gasteiger partial charge >= 0.3 is 8.72 Å². The summed E-state index contributed by atoms with van der Waals surface area (Å²) in [5.74, 6) is 0.614. The first-order valence-corrected chi connectivity index (χ1v) is 8.82. The zero-order valence-corrected chi connectivity index (χ0v) is 13.3. The fourth-order valence-corrected chi connectivity index (χ4v) is 6.94. The van der Waals surface area contributed by atoms with Crippen molar-refractivity contribution in [2.75, 3.05) is 14.2 Å². The first-order valence-electron chi connectivity index (χ1n) is 6.85. The summed E-state index contributed by atoms with van der Waals surface area (Å²) in [6, 6.07) is 2.22. The van der Waals surface area contributed by atoms with E-state index in [9.17, 15) is 0 Å². The van der Waals surface area contributed by atoms with Crippen LogP contribution in [0, 0.1) is 5.92 Å². The molecule has 0 aliphatic carbocycles. The van der Waals surface area contributed by atoms with Gasteiger partial charge in [0.05, 0.1) is 0 Å². The molecular formula is C13H29NO2Si. The van der Waals surface area contributed by atoms with E-state index in [1.807, 2.05) is 14.2 Å². The normalized spacial score (nSPS) is 27.7. The fourth-order valence-electron chi connectivity index (χ4n) is 3.17. The molecule has 2 atom stereocenters. The third-order valence-corrected chi connectivity index (χ3v) is 8.17. The van der Waals surface area contributed by atoms with Crippen molar-refractivity contribution in [2.45, 2.75) is 65.1 Å². The van der Waals surface area contributed by atoms with Crippen LogP contribution in [0.4, 0.5) is 0 Å². The average molecular weight is 259 g/mol. The molecule has 2 unspecified atom stereocenters. The van der Waals surface area contributed by atoms with Gasteiger partial charge in [-0.05, 0) is 32.6 Å². The van der Waals surface area contributed by atoms with E-state index in [0.717, 1.165) is 6.04 Å². The minimum Gasteiger partial charge on any atom is -0.386 e. The van der Waals surface area contributed by atoms with Crippen LogP contribution >= 0.6 is 0 Å². The Labute approximate surface area is 108 Å². The lowest BCUT2D eigenvalue weighted by molar-refractivity contribution is 0.0856. The molecule has 0 aromatic heterocycles. The van der Waals surface area contributed by atoms with Crippen LogP contribution in [0.25, 0.3) is 0 Å². The Balaban J connectivity index is 2.93. The van der Waals surface area contributed by atoms with E-state index in [-0.39, 0.29) is 0 Å². The maximum absolute atomic E-state index is 5.92. The lowest BCUT2D eigenvalue weighted by Gasteiger charge is -2.48. The molecule has 0 amide bonds. The van der Waals surface area contributed by atoms with Crippen LogP contribution in [-0.2, 0) is 8.85 Å². The molecule has 0 saturated carbocycles. The number of rotatable bonds is 5. The summed E-state index contributed by atoms with van der Waals surface area (Å²) in [6.45, 7) is 9.13. The third kappa shape index (κ3) is 3.31. The summed E-state index contributed by atoms with van der Waals surface area (Å²) in [5, 5.41) is 0. The van der Waals surface area contributed by atoms with E-state index < -0.39 is 8.72 Å². The van der Waals surface area contributed by atoms with Crippen molar-refractivity contribution in [3.63, 3.8) is 0 Å². The number of piperidine rings is 1. The average Bonchev–Trinajstić information content (AvgIpc) is 2.26. The van der Waals surface area contributed by atoms with Crippen molar-refractivity contribution in [1.29, 1.82) is 0 Å². The topological polar surface area (TPSA) is 21.7 Å². The van der Waals surface area contributed by atoms with E-state index in [0.29, 0.717) is 18.0 Å². The summed E-state index contributed by atoms with van der Waals surface area (Å²) < 4.78 is 14.4. The summed E-state index contributed by atoms with van der Waals surface area (Å²) in [5.41, 5.74) is 0. The molecule has 1 saturated heterocycles. The van der Waals surface area contributed by atoms with E-state index in [1.165, 1.54) is 19.3 Å². The van der Waals surface area contributed by atoms with Crippen LogP contribution in [-0.4, -0.2) is 39.6 Å². The second-order valence-corrected chi connectivity index (χ2v) is 8.92. The molecule has 0 N–H and O–H groups in total. The predicted molar refractivity (Wildman–Crippen MR) is 74.0 cm³/mol. The number of nitrogens with zero attached hydrogens (tertiary/aromatic N) is 1. The Morgan fingerprint density at radius 3 is 1.94 bits per heavy atom. The van der Waals surface area contributed by atoms with Gasteiger partial charge in [0, 0.05) is 32.3 Å². The van der Waals surface area contributed by atoms with E-state index in [1.54, 1.807) is 0 Å². The highest BCUT2D eigenvalue weighted by Gasteiger charge is 2.49. The van der Waals surface area contributed by atoms with Crippen molar-refractivity contribution in [2.24, 2.45) is 5.92 Å². The molecule has 0 radical (unpaired) electrons. The van der Waals surface area contributed by atoms with E-state index in [4.69, 9.17) is 8.85 Å². The molecule has 1 heterocycles. The first-order chi connectivity index (χ1) is 7.96. The first kappa shape index (κ1) is 15.2. The molecular weight excluding hydrogens is 230 g/mol. The Kier molecular flexibility index (Phi) is 5.63. The van der Waals surface area contributed by atoms with Crippen LogP contribution in [0.1, 0.15) is 47.0 Å². The van der Waals surface area contributed by atoms with Crippen LogP contribution in [0.5, 0.6) is 0 Å². The highest BCUT2D eigenvalue weighted by atomic mass is 28.4. The molecule has 3 nitrogen and oxygen atoms in total. The zero-order chi connectivity index (χ0) is 13.1. The zero-order valence-electron chi connectivity index (χ0n) is 12.3. The second kappa shape index (κ2) is 6.32. The summed E-state index contributed by atoms with van der Waals surface area (Å²) in [4.78, 5) is 0. The van der Waals surface area contributed by atoms with Gasteiger partial charge in [-0.2, -0.15) is 0 Å². The number of hydrogen-bond acceptors (Lipinski definition) is 3. The van der Waals surface area contributed by atoms with Gasteiger partial charge in [0.15, 0.2) is 0 Å². The minimum atomic E-state index is -2.20. The van der Waals surface area contributed by atoms with Gasteiger partial charge in [-0.25, -0.2) is 0 Å². The smallest absolute Gasteiger partial charge is 0.386 e. The Bertz CT molecular complexity index is 221. The van der Waals surface area contributed by atoms with E-state index in [2.05, 4.69) is 32.3 Å². The molecule has 1 aliphatic rings. The highest BCUT2D eigenvalue weighted by molar-refractivity contribution is 6.64. The van der Waals surface area contributed by atoms with Crippen LogP contribution in [0.2, 0.25) is 6.04 Å². The Morgan fingerprint density at radius 1 is 1.12 bits per heavy atom. The molecule has 1 fully saturated rings. The maximum Gasteiger partial charge on any atom is 0.427 e. The predicted octanol–water partition coefficient (Wildman–Crippen LogP) is 3.14. The second-order valence-electron chi connectivity index (χ2n) is 5.76. The third-order valence-electron chi connectivity index (χ3n) is 3.89. The van der Waals surface area contributed by atoms with Gasteiger partial charge in [0.1, 0.15) is 0 Å². The quantitative estimate of drug-likeness (QED) is 0.708. The molecule has 0 spiro atoms. The van der Waals surface area contributed by atoms with Gasteiger partial charge in [0.2, 0.25) is 0 Å². The number of hydrogen-bond donors (Lipinski definition) is 0. The van der Waals surface area contributed by atoms with E-state index >= 15 is 0 Å². The van der Waals surface area contributed by atoms with Crippen molar-refractivity contribution in [3.8, 4) is 0 Å². The van der Waals surface area contributed by atoms with Gasteiger partial charge in [-0.3, -0.25) is 4.57 Å². The van der Waals surface area contributed by atoms with Crippen molar-refractivity contribution in [1.82, 2.24) is 4.57 Å². The van der Waals surface area contributed by atoms with Gasteiger partial charge in [-0.1, -0.05) is 20.3 Å². The van der Waals surface area contributed by atoms with Gasteiger partial charge in [0.25, 0.3) is 0 Å². The van der Waals surface area contributed by atoms with Gasteiger partial charge < -0.3 is 8.85 Å². The molecule has 17 heavy (non-hydrogen) atoms. The van der Waals surface area contributed by atoms with Crippen LogP contribution in [0.3, 0.4) is 0 Å². The molecule has 102 valence electrons. The molecule has 4 heteroatoms. The summed E-state index contributed by atoms with van der Waals surface area (Å²) in [6.07, 6.45) is 3.87. The molecule has 1 rings (SSSR count). The van der Waals surface area contributed by atoms with Crippen molar-refractivity contribution in [3.05, 3.63) is 0 Å². The van der Waals surface area contributed by atoms with Crippen LogP contribution < -0.4 is 0 Å². The molecule has 1 aliphatic heterocycles. The fraction of sp³-hybridized carbons (Fsp3) is 1.00. The maximum atomic E-state index is 5.92. The van der Waals surface area contributed by atoms with Crippen molar-refractivity contribution < 1.29 is 8.85 Å². The van der Waals surface area contributed by atoms with Crippen molar-refractivity contribution >= 4 is 8.72 Å². The standard InChI is InChI=1S/C13H29NO2Si/c1-11(2)10-17(15-5,16-6)14-12(3)8-7-9-13(14)4/h11-13H,7-10H2,1-6H3. The van der Waals surface area contributed by atoms with Crippen LogP contribution in [0.15, 0.2) is 0 Å². The summed E-state index contributed by atoms with van der Waals surface area (Å²) >= 11 is 0. The van der Waals surface area contributed by atoms with Gasteiger partial charge in [-0.15, -0.1) is 0 Å². The minimum absolute atomic E-state index is 0.587. The monoisotopic (exact) mass is 259 g/mol. The lowest BCUT2D eigenvalue weighted by Crippen LogP contribution is -2.65. The highest BCUT2D eigenvalue weighted by Crippen LogP contribution is 2.32. The summed E-state index contributed by atoms with van der Waals surface area (Å²) in [7, 11) is 1.45.